The van der Waals surface area contributed by atoms with Gasteiger partial charge in [0.2, 0.25) is 0 Å². The number of hydrogen-bond donors (Lipinski definition) is 1. The van der Waals surface area contributed by atoms with Gasteiger partial charge in [0.25, 0.3) is 5.69 Å². The van der Waals surface area contributed by atoms with Gasteiger partial charge < -0.3 is 9.47 Å². The van der Waals surface area contributed by atoms with Crippen LogP contribution in [0.25, 0.3) is 0 Å². The minimum absolute atomic E-state index is 0.0761. The first-order valence-electron chi connectivity index (χ1n) is 6.29. The van der Waals surface area contributed by atoms with Crippen molar-refractivity contribution in [2.75, 3.05) is 18.5 Å². The molecule has 0 radical (unpaired) electrons. The summed E-state index contributed by atoms with van der Waals surface area (Å²) in [4.78, 5) is 21.9. The number of benzene rings is 1. The molecule has 7 nitrogen and oxygen atoms in total. The van der Waals surface area contributed by atoms with E-state index in [1.165, 1.54) is 12.1 Å². The van der Waals surface area contributed by atoms with Crippen LogP contribution in [0.15, 0.2) is 18.2 Å². The molecule has 1 amide bonds. The third-order valence-corrected chi connectivity index (χ3v) is 2.26. The maximum Gasteiger partial charge on any atom is 0.411 e. The van der Waals surface area contributed by atoms with Gasteiger partial charge in [-0.05, 0) is 25.0 Å². The Labute approximate surface area is 117 Å². The van der Waals surface area contributed by atoms with Crippen LogP contribution in [0.2, 0.25) is 0 Å². The molecular formula is C13H18N2O5. The Morgan fingerprint density at radius 1 is 1.45 bits per heavy atom. The van der Waals surface area contributed by atoms with Crippen LogP contribution in [-0.4, -0.2) is 24.2 Å². The average Bonchev–Trinajstić information content (AvgIpc) is 2.38. The number of nitro groups is 1. The Balaban J connectivity index is 2.83. The Hall–Kier alpha value is -2.31. The summed E-state index contributed by atoms with van der Waals surface area (Å²) in [6.45, 7) is 6.22. The van der Waals surface area contributed by atoms with E-state index in [4.69, 9.17) is 9.47 Å². The highest BCUT2D eigenvalue weighted by molar-refractivity contribution is 5.88. The summed E-state index contributed by atoms with van der Waals surface area (Å²) in [5.74, 6) is 0.566. The van der Waals surface area contributed by atoms with E-state index in [0.29, 0.717) is 12.4 Å². The van der Waals surface area contributed by atoms with Crippen LogP contribution in [0.1, 0.15) is 20.8 Å². The molecule has 0 atom stereocenters. The lowest BCUT2D eigenvalue weighted by atomic mass is 10.2. The fourth-order valence-electron chi connectivity index (χ4n) is 1.41. The first kappa shape index (κ1) is 15.7. The van der Waals surface area contributed by atoms with E-state index in [-0.39, 0.29) is 23.9 Å². The molecule has 1 aromatic rings. The molecule has 0 heterocycles. The average molecular weight is 282 g/mol. The van der Waals surface area contributed by atoms with Crippen LogP contribution in [0.4, 0.5) is 16.2 Å². The van der Waals surface area contributed by atoms with Crippen LogP contribution in [0, 0.1) is 16.0 Å². The SMILES string of the molecule is CCOc1ccc(NC(=O)OCC(C)C)c([N+](=O)[O-])c1. The molecule has 0 aromatic heterocycles. The van der Waals surface area contributed by atoms with Crippen molar-refractivity contribution in [2.24, 2.45) is 5.92 Å². The van der Waals surface area contributed by atoms with Gasteiger partial charge in [-0.1, -0.05) is 13.8 Å². The van der Waals surface area contributed by atoms with Gasteiger partial charge in [0.15, 0.2) is 0 Å². The van der Waals surface area contributed by atoms with Crippen molar-refractivity contribution in [3.05, 3.63) is 28.3 Å². The number of anilines is 1. The summed E-state index contributed by atoms with van der Waals surface area (Å²) in [5.41, 5.74) is -0.162. The quantitative estimate of drug-likeness (QED) is 0.639. The van der Waals surface area contributed by atoms with Gasteiger partial charge in [-0.25, -0.2) is 4.79 Å². The fraction of sp³-hybridized carbons (Fsp3) is 0.462. The first-order chi connectivity index (χ1) is 9.43. The third kappa shape index (κ3) is 4.75. The number of nitrogens with one attached hydrogen (secondary N) is 1. The molecule has 110 valence electrons. The van der Waals surface area contributed by atoms with Crippen molar-refractivity contribution in [1.29, 1.82) is 0 Å². The van der Waals surface area contributed by atoms with Crippen LogP contribution in [0.3, 0.4) is 0 Å². The number of nitro benzene ring substituents is 1. The second-order valence-electron chi connectivity index (χ2n) is 4.49. The summed E-state index contributed by atoms with van der Waals surface area (Å²) in [7, 11) is 0. The zero-order valence-electron chi connectivity index (χ0n) is 11.7. The van der Waals surface area contributed by atoms with Gasteiger partial charge in [0, 0.05) is 0 Å². The van der Waals surface area contributed by atoms with Crippen molar-refractivity contribution >= 4 is 17.5 Å². The Bertz CT molecular complexity index is 488. The molecule has 0 saturated carbocycles. The monoisotopic (exact) mass is 282 g/mol. The predicted molar refractivity (Wildman–Crippen MR) is 74.1 cm³/mol. The molecule has 0 fully saturated rings. The summed E-state index contributed by atoms with van der Waals surface area (Å²) in [6, 6.07) is 4.23. The van der Waals surface area contributed by atoms with E-state index in [2.05, 4.69) is 5.32 Å². The molecule has 0 saturated heterocycles. The molecule has 20 heavy (non-hydrogen) atoms. The first-order valence-corrected chi connectivity index (χ1v) is 6.29. The lowest BCUT2D eigenvalue weighted by molar-refractivity contribution is -0.384. The lowest BCUT2D eigenvalue weighted by Crippen LogP contribution is -2.17. The van der Waals surface area contributed by atoms with Crippen molar-refractivity contribution in [3.63, 3.8) is 0 Å². The molecule has 0 aliphatic heterocycles. The topological polar surface area (TPSA) is 90.7 Å². The Kier molecular flexibility index (Phi) is 5.76. The van der Waals surface area contributed by atoms with Crippen LogP contribution >= 0.6 is 0 Å². The maximum absolute atomic E-state index is 11.5. The van der Waals surface area contributed by atoms with E-state index in [9.17, 15) is 14.9 Å². The number of nitrogens with zero attached hydrogens (tertiary/aromatic N) is 1. The van der Waals surface area contributed by atoms with Crippen molar-refractivity contribution < 1.29 is 19.2 Å². The zero-order chi connectivity index (χ0) is 15.1. The van der Waals surface area contributed by atoms with Crippen LogP contribution in [-0.2, 0) is 4.74 Å². The molecule has 1 N–H and O–H groups in total. The number of hydrogen-bond acceptors (Lipinski definition) is 5. The third-order valence-electron chi connectivity index (χ3n) is 2.26. The zero-order valence-corrected chi connectivity index (χ0v) is 11.7. The van der Waals surface area contributed by atoms with Crippen molar-refractivity contribution in [3.8, 4) is 5.75 Å². The number of ether oxygens (including phenoxy) is 2. The van der Waals surface area contributed by atoms with Gasteiger partial charge in [-0.15, -0.1) is 0 Å². The molecule has 1 aromatic carbocycles. The molecule has 0 aliphatic rings. The van der Waals surface area contributed by atoms with E-state index in [0.717, 1.165) is 0 Å². The van der Waals surface area contributed by atoms with Crippen LogP contribution in [0.5, 0.6) is 5.75 Å². The normalized spacial score (nSPS) is 10.2. The number of carbonyl (C=O) groups is 1. The molecule has 0 spiro atoms. The summed E-state index contributed by atoms with van der Waals surface area (Å²) < 4.78 is 10.1. The number of rotatable bonds is 6. The molecule has 0 bridgehead atoms. The summed E-state index contributed by atoms with van der Waals surface area (Å²) in [5, 5.41) is 13.3. The highest BCUT2D eigenvalue weighted by atomic mass is 16.6. The lowest BCUT2D eigenvalue weighted by Gasteiger charge is -2.10. The molecule has 0 aliphatic carbocycles. The van der Waals surface area contributed by atoms with Gasteiger partial charge in [-0.2, -0.15) is 0 Å². The molecule has 1 rings (SSSR count). The summed E-state index contributed by atoms with van der Waals surface area (Å²) in [6.07, 6.45) is -0.717. The van der Waals surface area contributed by atoms with Gasteiger partial charge in [0.05, 0.1) is 24.2 Å². The van der Waals surface area contributed by atoms with Crippen LogP contribution < -0.4 is 10.1 Å². The van der Waals surface area contributed by atoms with E-state index in [1.54, 1.807) is 13.0 Å². The predicted octanol–water partition coefficient (Wildman–Crippen LogP) is 3.20. The fourth-order valence-corrected chi connectivity index (χ4v) is 1.41. The van der Waals surface area contributed by atoms with Crippen molar-refractivity contribution in [1.82, 2.24) is 0 Å². The van der Waals surface area contributed by atoms with Crippen molar-refractivity contribution in [2.45, 2.75) is 20.8 Å². The molecule has 0 unspecified atom stereocenters. The van der Waals surface area contributed by atoms with Gasteiger partial charge >= 0.3 is 6.09 Å². The molecule has 7 heteroatoms. The highest BCUT2D eigenvalue weighted by Gasteiger charge is 2.18. The van der Waals surface area contributed by atoms with Gasteiger partial charge in [0.1, 0.15) is 11.4 Å². The molecular weight excluding hydrogens is 264 g/mol. The highest BCUT2D eigenvalue weighted by Crippen LogP contribution is 2.29. The van der Waals surface area contributed by atoms with E-state index >= 15 is 0 Å². The summed E-state index contributed by atoms with van der Waals surface area (Å²) >= 11 is 0. The maximum atomic E-state index is 11.5. The largest absolute Gasteiger partial charge is 0.494 e. The van der Waals surface area contributed by atoms with Gasteiger partial charge in [-0.3, -0.25) is 15.4 Å². The van der Waals surface area contributed by atoms with E-state index in [1.807, 2.05) is 13.8 Å². The van der Waals surface area contributed by atoms with E-state index < -0.39 is 11.0 Å². The number of amides is 1. The minimum Gasteiger partial charge on any atom is -0.494 e. The minimum atomic E-state index is -0.717. The Morgan fingerprint density at radius 3 is 2.70 bits per heavy atom. The smallest absolute Gasteiger partial charge is 0.411 e. The number of carbonyl (C=O) groups excluding carboxylic acids is 1. The second kappa shape index (κ2) is 7.32. The second-order valence-corrected chi connectivity index (χ2v) is 4.49. The Morgan fingerprint density at radius 2 is 2.15 bits per heavy atom. The standard InChI is InChI=1S/C13H18N2O5/c1-4-19-10-5-6-11(12(7-10)15(17)18)14-13(16)20-8-9(2)3/h5-7,9H,4,8H2,1-3H3,(H,14,16).